The molecule has 0 aromatic heterocycles. The third-order valence-corrected chi connectivity index (χ3v) is 4.78. The Labute approximate surface area is 181 Å². The number of hydrogen-bond acceptors (Lipinski definition) is 6. The molecule has 3 N–H and O–H groups in total. The molecule has 3 aromatic carbocycles. The lowest BCUT2D eigenvalue weighted by Crippen LogP contribution is -2.28. The minimum atomic E-state index is -1.23. The van der Waals surface area contributed by atoms with E-state index < -0.39 is 17.7 Å². The number of halogens is 1. The van der Waals surface area contributed by atoms with E-state index in [1.807, 2.05) is 0 Å². The minimum absolute atomic E-state index is 0.0652. The van der Waals surface area contributed by atoms with Crippen LogP contribution < -0.4 is 10.4 Å². The monoisotopic (exact) mass is 432 g/mol. The maximum absolute atomic E-state index is 13.5. The van der Waals surface area contributed by atoms with E-state index in [2.05, 4.69) is 15.6 Å². The molecule has 0 unspecified atom stereocenters. The van der Waals surface area contributed by atoms with Crippen molar-refractivity contribution >= 4 is 34.7 Å². The number of para-hydroxylation sites is 1. The predicted molar refractivity (Wildman–Crippen MR) is 119 cm³/mol. The molecule has 0 atom stereocenters. The Balaban J connectivity index is 1.59. The Kier molecular flexibility index (Phi) is 5.38. The zero-order chi connectivity index (χ0) is 22.8. The van der Waals surface area contributed by atoms with Gasteiger partial charge in [0.15, 0.2) is 5.71 Å². The highest BCUT2D eigenvalue weighted by Crippen LogP contribution is 2.33. The van der Waals surface area contributed by atoms with Crippen LogP contribution in [0.15, 0.2) is 76.9 Å². The van der Waals surface area contributed by atoms with Gasteiger partial charge in [0.2, 0.25) is 0 Å². The van der Waals surface area contributed by atoms with Gasteiger partial charge in [-0.25, -0.2) is 9.18 Å². The van der Waals surface area contributed by atoms with Crippen LogP contribution in [-0.4, -0.2) is 33.5 Å². The first-order valence-corrected chi connectivity index (χ1v) is 9.50. The van der Waals surface area contributed by atoms with Crippen LogP contribution >= 0.6 is 0 Å². The quantitative estimate of drug-likeness (QED) is 0.526. The summed E-state index contributed by atoms with van der Waals surface area (Å²) in [4.78, 5) is 24.0. The molecular formula is C23H17FN4O4. The van der Waals surface area contributed by atoms with Crippen molar-refractivity contribution in [2.45, 2.75) is 6.92 Å². The van der Waals surface area contributed by atoms with E-state index in [1.165, 1.54) is 30.3 Å². The van der Waals surface area contributed by atoms with Crippen LogP contribution in [0, 0.1) is 5.82 Å². The zero-order valence-electron chi connectivity index (χ0n) is 16.8. The number of rotatable bonds is 5. The van der Waals surface area contributed by atoms with Gasteiger partial charge in [-0.05, 0) is 48.9 Å². The number of nitrogens with one attached hydrogen (secondary N) is 1. The highest BCUT2D eigenvalue weighted by molar-refractivity contribution is 6.71. The van der Waals surface area contributed by atoms with Gasteiger partial charge >= 0.3 is 11.9 Å². The molecule has 0 spiro atoms. The van der Waals surface area contributed by atoms with Crippen LogP contribution in [0.5, 0.6) is 5.75 Å². The van der Waals surface area contributed by atoms with E-state index in [-0.39, 0.29) is 22.7 Å². The minimum Gasteiger partial charge on any atom is -0.506 e. The SMILES string of the molecule is CC1=NN(c2cccc(F)c2)C(=O)C1=NNc1cccc(-c2cccc(C(=O)O)c2O)c1. The lowest BCUT2D eigenvalue weighted by atomic mass is 10.0. The van der Waals surface area contributed by atoms with Crippen molar-refractivity contribution in [3.8, 4) is 16.9 Å². The second kappa shape index (κ2) is 8.31. The van der Waals surface area contributed by atoms with Gasteiger partial charge in [-0.2, -0.15) is 15.2 Å². The second-order valence-electron chi connectivity index (χ2n) is 6.94. The normalized spacial score (nSPS) is 14.6. The predicted octanol–water partition coefficient (Wildman–Crippen LogP) is 4.09. The molecule has 1 aliphatic rings. The molecule has 0 saturated heterocycles. The van der Waals surface area contributed by atoms with Crippen LogP contribution in [0.2, 0.25) is 0 Å². The van der Waals surface area contributed by atoms with Crippen molar-refractivity contribution in [2.75, 3.05) is 10.4 Å². The maximum Gasteiger partial charge on any atom is 0.339 e. The molecule has 9 heteroatoms. The molecule has 0 bridgehead atoms. The highest BCUT2D eigenvalue weighted by atomic mass is 19.1. The number of aromatic hydroxyl groups is 1. The van der Waals surface area contributed by atoms with Gasteiger partial charge in [0.1, 0.15) is 17.1 Å². The van der Waals surface area contributed by atoms with Gasteiger partial charge in [0.05, 0.1) is 17.1 Å². The fourth-order valence-corrected chi connectivity index (χ4v) is 3.24. The topological polar surface area (TPSA) is 115 Å². The van der Waals surface area contributed by atoms with E-state index in [0.717, 1.165) is 5.01 Å². The molecule has 4 rings (SSSR count). The van der Waals surface area contributed by atoms with Crippen molar-refractivity contribution in [1.82, 2.24) is 0 Å². The number of amides is 1. The molecule has 0 fully saturated rings. The molecule has 0 saturated carbocycles. The molecule has 0 aliphatic carbocycles. The van der Waals surface area contributed by atoms with E-state index in [0.29, 0.717) is 22.5 Å². The number of carboxylic acid groups (broad SMARTS) is 1. The van der Waals surface area contributed by atoms with Crippen LogP contribution in [0.3, 0.4) is 0 Å². The highest BCUT2D eigenvalue weighted by Gasteiger charge is 2.31. The number of carbonyl (C=O) groups is 2. The number of carbonyl (C=O) groups excluding carboxylic acids is 1. The first-order chi connectivity index (χ1) is 15.3. The molecule has 32 heavy (non-hydrogen) atoms. The third kappa shape index (κ3) is 3.91. The molecular weight excluding hydrogens is 415 g/mol. The molecule has 3 aromatic rings. The lowest BCUT2D eigenvalue weighted by molar-refractivity contribution is -0.112. The summed E-state index contributed by atoms with van der Waals surface area (Å²) in [6, 6.07) is 16.7. The van der Waals surface area contributed by atoms with Crippen molar-refractivity contribution in [3.63, 3.8) is 0 Å². The largest absolute Gasteiger partial charge is 0.506 e. The number of nitrogens with zero attached hydrogens (tertiary/aromatic N) is 3. The van der Waals surface area contributed by atoms with Gasteiger partial charge in [0, 0.05) is 5.56 Å². The van der Waals surface area contributed by atoms with Crippen LogP contribution in [0.25, 0.3) is 11.1 Å². The number of hydrogen-bond donors (Lipinski definition) is 3. The summed E-state index contributed by atoms with van der Waals surface area (Å²) >= 11 is 0. The molecule has 1 heterocycles. The third-order valence-electron chi connectivity index (χ3n) is 4.78. The van der Waals surface area contributed by atoms with Crippen molar-refractivity contribution in [2.24, 2.45) is 10.2 Å². The van der Waals surface area contributed by atoms with Crippen LogP contribution in [-0.2, 0) is 4.79 Å². The van der Waals surface area contributed by atoms with Crippen molar-refractivity contribution in [1.29, 1.82) is 0 Å². The van der Waals surface area contributed by atoms with Gasteiger partial charge < -0.3 is 10.2 Å². The van der Waals surface area contributed by atoms with E-state index >= 15 is 0 Å². The fourth-order valence-electron chi connectivity index (χ4n) is 3.24. The van der Waals surface area contributed by atoms with Gasteiger partial charge in [-0.3, -0.25) is 10.2 Å². The number of phenols is 1. The fraction of sp³-hybridized carbons (Fsp3) is 0.0435. The van der Waals surface area contributed by atoms with Gasteiger partial charge in [-0.15, -0.1) is 0 Å². The zero-order valence-corrected chi connectivity index (χ0v) is 16.8. The smallest absolute Gasteiger partial charge is 0.339 e. The van der Waals surface area contributed by atoms with Crippen LogP contribution in [0.1, 0.15) is 17.3 Å². The van der Waals surface area contributed by atoms with Crippen molar-refractivity contribution < 1.29 is 24.2 Å². The average Bonchev–Trinajstić information content (AvgIpc) is 3.06. The summed E-state index contributed by atoms with van der Waals surface area (Å²) in [5, 5.41) is 28.9. The summed E-state index contributed by atoms with van der Waals surface area (Å²) in [7, 11) is 0. The number of aromatic carboxylic acids is 1. The number of carboxylic acids is 1. The Morgan fingerprint density at radius 2 is 1.84 bits per heavy atom. The van der Waals surface area contributed by atoms with E-state index in [9.17, 15) is 24.2 Å². The first-order valence-electron chi connectivity index (χ1n) is 9.50. The maximum atomic E-state index is 13.5. The summed E-state index contributed by atoms with van der Waals surface area (Å²) in [6.07, 6.45) is 0. The number of anilines is 2. The number of benzene rings is 3. The van der Waals surface area contributed by atoms with Gasteiger partial charge in [0.25, 0.3) is 0 Å². The molecule has 0 radical (unpaired) electrons. The van der Waals surface area contributed by atoms with Gasteiger partial charge in [-0.1, -0.05) is 30.3 Å². The standard InChI is InChI=1S/C23H17FN4O4/c1-13-20(22(30)28(27-13)17-8-3-6-15(24)12-17)26-25-16-7-2-5-14(11-16)18-9-4-10-19(21(18)29)23(31)32/h2-12,25,29H,1H3,(H,31,32). The first kappa shape index (κ1) is 20.7. The Morgan fingerprint density at radius 1 is 1.09 bits per heavy atom. The summed E-state index contributed by atoms with van der Waals surface area (Å²) in [5.41, 5.74) is 4.68. The van der Waals surface area contributed by atoms with Crippen molar-refractivity contribution in [3.05, 3.63) is 78.1 Å². The molecule has 1 aliphatic heterocycles. The lowest BCUT2D eigenvalue weighted by Gasteiger charge is -2.11. The second-order valence-corrected chi connectivity index (χ2v) is 6.94. The molecule has 160 valence electrons. The van der Waals surface area contributed by atoms with Crippen LogP contribution in [0.4, 0.5) is 15.8 Å². The Morgan fingerprint density at radius 3 is 2.59 bits per heavy atom. The summed E-state index contributed by atoms with van der Waals surface area (Å²) in [5.74, 6) is -2.58. The summed E-state index contributed by atoms with van der Waals surface area (Å²) in [6.45, 7) is 1.61. The Bertz CT molecular complexity index is 1300. The number of hydrazone groups is 2. The van der Waals surface area contributed by atoms with E-state index in [1.54, 1.807) is 43.3 Å². The molecule has 8 nitrogen and oxygen atoms in total. The summed E-state index contributed by atoms with van der Waals surface area (Å²) < 4.78 is 13.5. The Hall–Kier alpha value is -4.53. The van der Waals surface area contributed by atoms with E-state index in [4.69, 9.17) is 0 Å². The molecule has 1 amide bonds. The average molecular weight is 432 g/mol.